The molecule has 0 unspecified atom stereocenters. The van der Waals surface area contributed by atoms with Crippen LogP contribution in [0.4, 0.5) is 5.69 Å². The molecule has 0 aliphatic carbocycles. The lowest BCUT2D eigenvalue weighted by Crippen LogP contribution is -2.08. The molecule has 1 aromatic rings. The minimum absolute atomic E-state index is 0.0868. The summed E-state index contributed by atoms with van der Waals surface area (Å²) < 4.78 is 4.74. The van der Waals surface area contributed by atoms with Gasteiger partial charge in [-0.2, -0.15) is 5.26 Å². The molecule has 18 heavy (non-hydrogen) atoms. The largest absolute Gasteiger partial charge is 0.462 e. The Balaban J connectivity index is 2.87. The Labute approximate surface area is 111 Å². The van der Waals surface area contributed by atoms with Gasteiger partial charge < -0.3 is 10.1 Å². The molecule has 0 atom stereocenters. The molecule has 0 radical (unpaired) electrons. The molecule has 0 aliphatic heterocycles. The molecule has 0 amide bonds. The average Bonchev–Trinajstić information content (AvgIpc) is 2.34. The Bertz CT molecular complexity index is 518. The maximum absolute atomic E-state index is 11.4. The second kappa shape index (κ2) is 6.67. The van der Waals surface area contributed by atoms with Crippen LogP contribution in [0.15, 0.2) is 30.0 Å². The number of carbonyl (C=O) groups excluding carboxylic acids is 1. The summed E-state index contributed by atoms with van der Waals surface area (Å²) in [7, 11) is 0. The van der Waals surface area contributed by atoms with Crippen LogP contribution in [0.5, 0.6) is 0 Å². The predicted octanol–water partition coefficient (Wildman–Crippen LogP) is 3.03. The number of benzene rings is 1. The summed E-state index contributed by atoms with van der Waals surface area (Å²) >= 11 is 5.86. The molecule has 0 saturated heterocycles. The summed E-state index contributed by atoms with van der Waals surface area (Å²) in [4.78, 5) is 11.4. The van der Waals surface area contributed by atoms with Gasteiger partial charge in [-0.25, -0.2) is 4.79 Å². The van der Waals surface area contributed by atoms with Crippen LogP contribution >= 0.6 is 11.6 Å². The van der Waals surface area contributed by atoms with Gasteiger partial charge in [0, 0.05) is 16.9 Å². The molecule has 94 valence electrons. The number of aryl methyl sites for hydroxylation is 1. The standard InChI is InChI=1S/C13H13ClN2O2/c1-3-18-13(17)10(7-15)8-16-12-6-11(14)5-4-9(12)2/h4-6,8,16H,3H2,1-2H3/b10-8-. The Hall–Kier alpha value is -1.99. The molecule has 4 nitrogen and oxygen atoms in total. The van der Waals surface area contributed by atoms with Gasteiger partial charge in [0.15, 0.2) is 5.57 Å². The highest BCUT2D eigenvalue weighted by Crippen LogP contribution is 2.20. The van der Waals surface area contributed by atoms with Crippen LogP contribution in [0.25, 0.3) is 0 Å². The van der Waals surface area contributed by atoms with Gasteiger partial charge in [-0.05, 0) is 31.5 Å². The van der Waals surface area contributed by atoms with Crippen molar-refractivity contribution in [2.24, 2.45) is 0 Å². The van der Waals surface area contributed by atoms with Crippen molar-refractivity contribution in [2.45, 2.75) is 13.8 Å². The lowest BCUT2D eigenvalue weighted by molar-refractivity contribution is -0.138. The van der Waals surface area contributed by atoms with Gasteiger partial charge in [-0.1, -0.05) is 17.7 Å². The SMILES string of the molecule is CCOC(=O)/C(C#N)=C\Nc1cc(Cl)ccc1C. The van der Waals surface area contributed by atoms with Gasteiger partial charge in [0.05, 0.1) is 6.61 Å². The van der Waals surface area contributed by atoms with Gasteiger partial charge >= 0.3 is 5.97 Å². The van der Waals surface area contributed by atoms with Crippen LogP contribution in [0.2, 0.25) is 5.02 Å². The number of esters is 1. The van der Waals surface area contributed by atoms with Crippen molar-refractivity contribution in [1.29, 1.82) is 5.26 Å². The smallest absolute Gasteiger partial charge is 0.350 e. The molecular formula is C13H13ClN2O2. The number of nitrogens with one attached hydrogen (secondary N) is 1. The van der Waals surface area contributed by atoms with Crippen molar-refractivity contribution < 1.29 is 9.53 Å². The van der Waals surface area contributed by atoms with Crippen molar-refractivity contribution in [3.05, 3.63) is 40.6 Å². The molecule has 1 N–H and O–H groups in total. The number of halogens is 1. The van der Waals surface area contributed by atoms with Crippen LogP contribution in [0, 0.1) is 18.3 Å². The zero-order chi connectivity index (χ0) is 13.5. The summed E-state index contributed by atoms with van der Waals surface area (Å²) in [5.74, 6) is -0.646. The number of hydrogen-bond acceptors (Lipinski definition) is 4. The quantitative estimate of drug-likeness (QED) is 0.516. The molecule has 0 spiro atoms. The third kappa shape index (κ3) is 3.79. The van der Waals surface area contributed by atoms with Crippen LogP contribution in [0.3, 0.4) is 0 Å². The summed E-state index contributed by atoms with van der Waals surface area (Å²) in [6.45, 7) is 3.80. The molecule has 0 fully saturated rings. The second-order valence-corrected chi connectivity index (χ2v) is 3.93. The average molecular weight is 265 g/mol. The zero-order valence-electron chi connectivity index (χ0n) is 10.2. The van der Waals surface area contributed by atoms with Crippen LogP contribution in [-0.4, -0.2) is 12.6 Å². The number of nitrogens with zero attached hydrogens (tertiary/aromatic N) is 1. The summed E-state index contributed by atoms with van der Waals surface area (Å²) in [5, 5.41) is 12.3. The molecule has 0 saturated carbocycles. The fourth-order valence-corrected chi connectivity index (χ4v) is 1.42. The Morgan fingerprint density at radius 2 is 2.33 bits per heavy atom. The first-order valence-electron chi connectivity index (χ1n) is 5.38. The molecule has 0 aliphatic rings. The Morgan fingerprint density at radius 1 is 1.61 bits per heavy atom. The van der Waals surface area contributed by atoms with Crippen LogP contribution in [0.1, 0.15) is 12.5 Å². The van der Waals surface area contributed by atoms with Gasteiger partial charge in [-0.3, -0.25) is 0 Å². The summed E-state index contributed by atoms with van der Waals surface area (Å²) in [5.41, 5.74) is 1.60. The van der Waals surface area contributed by atoms with E-state index in [1.807, 2.05) is 13.0 Å². The van der Waals surface area contributed by atoms with E-state index in [1.54, 1.807) is 25.1 Å². The molecule has 1 aromatic carbocycles. The Morgan fingerprint density at radius 3 is 2.94 bits per heavy atom. The van der Waals surface area contributed by atoms with E-state index in [2.05, 4.69) is 5.32 Å². The maximum Gasteiger partial charge on any atom is 0.350 e. The number of hydrogen-bond donors (Lipinski definition) is 1. The highest BCUT2D eigenvalue weighted by atomic mass is 35.5. The number of ether oxygens (including phenoxy) is 1. The van der Waals surface area contributed by atoms with E-state index in [0.29, 0.717) is 5.02 Å². The van der Waals surface area contributed by atoms with Gasteiger partial charge in [0.2, 0.25) is 0 Å². The van der Waals surface area contributed by atoms with E-state index < -0.39 is 5.97 Å². The van der Waals surface area contributed by atoms with Crippen molar-refractivity contribution in [3.63, 3.8) is 0 Å². The molecule has 5 heteroatoms. The van der Waals surface area contributed by atoms with E-state index in [9.17, 15) is 4.79 Å². The normalized spacial score (nSPS) is 10.7. The summed E-state index contributed by atoms with van der Waals surface area (Å²) in [6, 6.07) is 7.11. The van der Waals surface area contributed by atoms with Gasteiger partial charge in [-0.15, -0.1) is 0 Å². The minimum atomic E-state index is -0.646. The highest BCUT2D eigenvalue weighted by Gasteiger charge is 2.09. The fraction of sp³-hybridized carbons (Fsp3) is 0.231. The van der Waals surface area contributed by atoms with Gasteiger partial charge in [0.1, 0.15) is 6.07 Å². The van der Waals surface area contributed by atoms with E-state index in [1.165, 1.54) is 6.20 Å². The zero-order valence-corrected chi connectivity index (χ0v) is 10.9. The first-order chi connectivity index (χ1) is 8.58. The molecule has 0 heterocycles. The van der Waals surface area contributed by atoms with Crippen molar-refractivity contribution in [3.8, 4) is 6.07 Å². The first-order valence-corrected chi connectivity index (χ1v) is 5.76. The van der Waals surface area contributed by atoms with Crippen LogP contribution in [-0.2, 0) is 9.53 Å². The molecular weight excluding hydrogens is 252 g/mol. The van der Waals surface area contributed by atoms with Crippen LogP contribution < -0.4 is 5.32 Å². The number of anilines is 1. The van der Waals surface area contributed by atoms with Crippen molar-refractivity contribution in [1.82, 2.24) is 0 Å². The topological polar surface area (TPSA) is 62.1 Å². The van der Waals surface area contributed by atoms with E-state index in [0.717, 1.165) is 11.3 Å². The second-order valence-electron chi connectivity index (χ2n) is 3.49. The lowest BCUT2D eigenvalue weighted by Gasteiger charge is -2.06. The monoisotopic (exact) mass is 264 g/mol. The number of nitriles is 1. The van der Waals surface area contributed by atoms with E-state index in [-0.39, 0.29) is 12.2 Å². The van der Waals surface area contributed by atoms with Crippen molar-refractivity contribution >= 4 is 23.3 Å². The highest BCUT2D eigenvalue weighted by molar-refractivity contribution is 6.30. The Kier molecular flexibility index (Phi) is 5.22. The molecule has 0 aromatic heterocycles. The maximum atomic E-state index is 11.4. The third-order valence-electron chi connectivity index (χ3n) is 2.19. The molecule has 1 rings (SSSR count). The minimum Gasteiger partial charge on any atom is -0.462 e. The van der Waals surface area contributed by atoms with Crippen molar-refractivity contribution in [2.75, 3.05) is 11.9 Å². The number of carbonyl (C=O) groups is 1. The van der Waals surface area contributed by atoms with E-state index in [4.69, 9.17) is 21.6 Å². The number of rotatable bonds is 4. The first kappa shape index (κ1) is 14.1. The summed E-state index contributed by atoms with van der Waals surface area (Å²) in [6.07, 6.45) is 1.32. The lowest BCUT2D eigenvalue weighted by atomic mass is 10.2. The fourth-order valence-electron chi connectivity index (χ4n) is 1.25. The van der Waals surface area contributed by atoms with E-state index >= 15 is 0 Å². The van der Waals surface area contributed by atoms with Gasteiger partial charge in [0.25, 0.3) is 0 Å². The third-order valence-corrected chi connectivity index (χ3v) is 2.42. The molecule has 0 bridgehead atoms. The predicted molar refractivity (Wildman–Crippen MR) is 70.1 cm³/mol.